The van der Waals surface area contributed by atoms with Crippen molar-refractivity contribution < 1.29 is 0 Å². The molecule has 0 saturated heterocycles. The van der Waals surface area contributed by atoms with Crippen molar-refractivity contribution in [1.82, 2.24) is 9.55 Å². The van der Waals surface area contributed by atoms with Crippen molar-refractivity contribution in [3.8, 4) is 0 Å². The molecule has 0 amide bonds. The van der Waals surface area contributed by atoms with Gasteiger partial charge in [0.15, 0.2) is 0 Å². The Balaban J connectivity index is 2.51. The smallest absolute Gasteiger partial charge is 0.202 e. The normalized spacial score (nSPS) is 10.2. The van der Waals surface area contributed by atoms with E-state index in [9.17, 15) is 0 Å². The standard InChI is InChI=1S/C8H15N3S/c1-3-9-8-10-4-5-11(8)6-7-12-2/h4-5H,3,6-7H2,1-2H3,(H,9,10). The molecule has 0 saturated carbocycles. The molecule has 0 aliphatic heterocycles. The van der Waals surface area contributed by atoms with E-state index in [1.165, 1.54) is 0 Å². The molecule has 0 spiro atoms. The summed E-state index contributed by atoms with van der Waals surface area (Å²) in [4.78, 5) is 4.20. The van der Waals surface area contributed by atoms with Crippen LogP contribution in [0.15, 0.2) is 12.4 Å². The van der Waals surface area contributed by atoms with E-state index >= 15 is 0 Å². The summed E-state index contributed by atoms with van der Waals surface area (Å²) in [5.74, 6) is 2.11. The minimum atomic E-state index is 0.927. The van der Waals surface area contributed by atoms with Crippen LogP contribution in [-0.2, 0) is 6.54 Å². The number of nitrogens with zero attached hydrogens (tertiary/aromatic N) is 2. The monoisotopic (exact) mass is 185 g/mol. The fourth-order valence-corrected chi connectivity index (χ4v) is 1.38. The van der Waals surface area contributed by atoms with Gasteiger partial charge in [-0.3, -0.25) is 0 Å². The third-order valence-electron chi connectivity index (χ3n) is 1.59. The second-order valence-corrected chi connectivity index (χ2v) is 3.45. The fraction of sp³-hybridized carbons (Fsp3) is 0.625. The van der Waals surface area contributed by atoms with Crippen LogP contribution in [0.1, 0.15) is 6.92 Å². The lowest BCUT2D eigenvalue weighted by Gasteiger charge is -2.06. The van der Waals surface area contributed by atoms with E-state index in [1.54, 1.807) is 0 Å². The van der Waals surface area contributed by atoms with Crippen molar-refractivity contribution in [2.75, 3.05) is 23.9 Å². The van der Waals surface area contributed by atoms with Gasteiger partial charge in [-0.1, -0.05) is 0 Å². The Hall–Kier alpha value is -0.640. The number of thioether (sulfide) groups is 1. The number of aryl methyl sites for hydroxylation is 1. The predicted molar refractivity (Wildman–Crippen MR) is 54.8 cm³/mol. The molecule has 68 valence electrons. The highest BCUT2D eigenvalue weighted by molar-refractivity contribution is 7.98. The van der Waals surface area contributed by atoms with Crippen LogP contribution >= 0.6 is 11.8 Å². The molecule has 0 atom stereocenters. The fourth-order valence-electron chi connectivity index (χ4n) is 1.00. The zero-order chi connectivity index (χ0) is 8.81. The molecule has 0 unspecified atom stereocenters. The summed E-state index contributed by atoms with van der Waals surface area (Å²) in [6, 6.07) is 0. The molecule has 0 aliphatic rings. The molecule has 1 aromatic heterocycles. The topological polar surface area (TPSA) is 29.9 Å². The lowest BCUT2D eigenvalue weighted by Crippen LogP contribution is -2.07. The summed E-state index contributed by atoms with van der Waals surface area (Å²) < 4.78 is 2.14. The molecular formula is C8H15N3S. The summed E-state index contributed by atoms with van der Waals surface area (Å²) in [7, 11) is 0. The van der Waals surface area contributed by atoms with Crippen molar-refractivity contribution >= 4 is 17.7 Å². The Morgan fingerprint density at radius 2 is 2.50 bits per heavy atom. The van der Waals surface area contributed by atoms with E-state index in [1.807, 2.05) is 24.2 Å². The van der Waals surface area contributed by atoms with E-state index in [2.05, 4.69) is 28.0 Å². The van der Waals surface area contributed by atoms with Crippen LogP contribution in [0, 0.1) is 0 Å². The Morgan fingerprint density at radius 1 is 1.67 bits per heavy atom. The molecule has 0 bridgehead atoms. The van der Waals surface area contributed by atoms with Gasteiger partial charge in [-0.05, 0) is 13.2 Å². The van der Waals surface area contributed by atoms with Gasteiger partial charge in [0.25, 0.3) is 0 Å². The zero-order valence-electron chi connectivity index (χ0n) is 7.58. The summed E-state index contributed by atoms with van der Waals surface area (Å²) in [6.07, 6.45) is 5.95. The highest BCUT2D eigenvalue weighted by Crippen LogP contribution is 2.05. The van der Waals surface area contributed by atoms with Gasteiger partial charge < -0.3 is 9.88 Å². The Bertz CT molecular complexity index is 222. The molecule has 1 N–H and O–H groups in total. The van der Waals surface area contributed by atoms with Crippen LogP contribution < -0.4 is 5.32 Å². The lowest BCUT2D eigenvalue weighted by atomic mass is 10.7. The highest BCUT2D eigenvalue weighted by Gasteiger charge is 1.98. The number of rotatable bonds is 5. The van der Waals surface area contributed by atoms with Gasteiger partial charge in [-0.25, -0.2) is 4.98 Å². The number of aromatic nitrogens is 2. The average Bonchev–Trinajstić information content (AvgIpc) is 2.50. The largest absolute Gasteiger partial charge is 0.356 e. The van der Waals surface area contributed by atoms with Crippen LogP contribution in [0.3, 0.4) is 0 Å². The van der Waals surface area contributed by atoms with Crippen molar-refractivity contribution in [2.45, 2.75) is 13.5 Å². The predicted octanol–water partition coefficient (Wildman–Crippen LogP) is 1.68. The Kier molecular flexibility index (Phi) is 4.00. The van der Waals surface area contributed by atoms with Gasteiger partial charge in [0.05, 0.1) is 0 Å². The van der Waals surface area contributed by atoms with Crippen LogP contribution in [0.5, 0.6) is 0 Å². The SMILES string of the molecule is CCNc1nccn1CCSC. The van der Waals surface area contributed by atoms with Crippen LogP contribution in [0.25, 0.3) is 0 Å². The molecule has 0 radical (unpaired) electrons. The molecule has 1 heterocycles. The van der Waals surface area contributed by atoms with E-state index in [0.29, 0.717) is 0 Å². The lowest BCUT2D eigenvalue weighted by molar-refractivity contribution is 0.774. The first-order valence-electron chi connectivity index (χ1n) is 4.12. The summed E-state index contributed by atoms with van der Waals surface area (Å²) >= 11 is 1.85. The second-order valence-electron chi connectivity index (χ2n) is 2.47. The number of anilines is 1. The number of nitrogens with one attached hydrogen (secondary N) is 1. The van der Waals surface area contributed by atoms with E-state index in [4.69, 9.17) is 0 Å². The van der Waals surface area contributed by atoms with E-state index < -0.39 is 0 Å². The number of hydrogen-bond acceptors (Lipinski definition) is 3. The molecule has 0 aromatic carbocycles. The zero-order valence-corrected chi connectivity index (χ0v) is 8.40. The molecule has 3 nitrogen and oxygen atoms in total. The molecule has 1 aromatic rings. The molecule has 0 aliphatic carbocycles. The quantitative estimate of drug-likeness (QED) is 0.757. The van der Waals surface area contributed by atoms with Crippen molar-refractivity contribution in [3.63, 3.8) is 0 Å². The maximum absolute atomic E-state index is 4.20. The number of hydrogen-bond donors (Lipinski definition) is 1. The second kappa shape index (κ2) is 5.09. The van der Waals surface area contributed by atoms with Gasteiger partial charge in [0.1, 0.15) is 0 Å². The molecule has 0 fully saturated rings. The third-order valence-corrected chi connectivity index (χ3v) is 2.18. The number of imidazole rings is 1. The average molecular weight is 185 g/mol. The minimum absolute atomic E-state index is 0.927. The molecule has 4 heteroatoms. The van der Waals surface area contributed by atoms with Crippen molar-refractivity contribution in [1.29, 1.82) is 0 Å². The molecule has 1 rings (SSSR count). The van der Waals surface area contributed by atoms with E-state index in [0.717, 1.165) is 24.8 Å². The van der Waals surface area contributed by atoms with Gasteiger partial charge in [0, 0.05) is 31.2 Å². The first-order valence-corrected chi connectivity index (χ1v) is 5.51. The Labute approximate surface area is 77.6 Å². The minimum Gasteiger partial charge on any atom is -0.356 e. The first kappa shape index (κ1) is 9.45. The van der Waals surface area contributed by atoms with Gasteiger partial charge in [-0.2, -0.15) is 11.8 Å². The summed E-state index contributed by atoms with van der Waals surface area (Å²) in [5.41, 5.74) is 0. The Morgan fingerprint density at radius 3 is 3.17 bits per heavy atom. The van der Waals surface area contributed by atoms with Crippen LogP contribution in [0.4, 0.5) is 5.95 Å². The summed E-state index contributed by atoms with van der Waals surface area (Å²) in [6.45, 7) is 4.04. The van der Waals surface area contributed by atoms with Gasteiger partial charge in [0.2, 0.25) is 5.95 Å². The van der Waals surface area contributed by atoms with Crippen molar-refractivity contribution in [2.24, 2.45) is 0 Å². The van der Waals surface area contributed by atoms with Crippen molar-refractivity contribution in [3.05, 3.63) is 12.4 Å². The highest BCUT2D eigenvalue weighted by atomic mass is 32.2. The van der Waals surface area contributed by atoms with Crippen LogP contribution in [-0.4, -0.2) is 28.1 Å². The molecular weight excluding hydrogens is 170 g/mol. The first-order chi connectivity index (χ1) is 5.88. The third kappa shape index (κ3) is 2.44. The van der Waals surface area contributed by atoms with E-state index in [-0.39, 0.29) is 0 Å². The molecule has 12 heavy (non-hydrogen) atoms. The maximum atomic E-state index is 4.20. The van der Waals surface area contributed by atoms with Gasteiger partial charge >= 0.3 is 0 Å². The summed E-state index contributed by atoms with van der Waals surface area (Å²) in [5, 5.41) is 3.21. The van der Waals surface area contributed by atoms with Crippen LogP contribution in [0.2, 0.25) is 0 Å². The van der Waals surface area contributed by atoms with Gasteiger partial charge in [-0.15, -0.1) is 0 Å². The maximum Gasteiger partial charge on any atom is 0.202 e.